The van der Waals surface area contributed by atoms with Crippen LogP contribution in [0.15, 0.2) is 109 Å². The van der Waals surface area contributed by atoms with Gasteiger partial charge in [0.15, 0.2) is 5.78 Å². The highest BCUT2D eigenvalue weighted by atomic mass is 16.6. The van der Waals surface area contributed by atoms with Crippen molar-refractivity contribution in [3.63, 3.8) is 0 Å². The number of benzene rings is 4. The molecule has 754 valence electrons. The minimum absolute atomic E-state index is 0.00638. The number of nitrogens with two attached hydrogens (primary N) is 4. The number of hydrogen-bond acceptors (Lipinski definition) is 30. The van der Waals surface area contributed by atoms with Crippen LogP contribution in [0, 0.1) is 11.8 Å². The van der Waals surface area contributed by atoms with E-state index >= 15 is 4.79 Å². The number of carbonyl (C=O) groups is 16. The van der Waals surface area contributed by atoms with Crippen molar-refractivity contribution < 1.29 is 139 Å². The number of imide groups is 1. The first-order chi connectivity index (χ1) is 65.6. The minimum atomic E-state index is -2.04. The normalized spacial score (nSPS) is 13.0. The number of primary amides is 2. The van der Waals surface area contributed by atoms with Gasteiger partial charge in [0.05, 0.1) is 157 Å². The zero-order chi connectivity index (χ0) is 100. The fourth-order valence-corrected chi connectivity index (χ4v) is 13.2. The van der Waals surface area contributed by atoms with E-state index in [9.17, 15) is 82.1 Å². The molecule has 0 saturated heterocycles. The summed E-state index contributed by atoms with van der Waals surface area (Å²) in [6, 6.07) is 14.0. The number of ether oxygens (including phenoxy) is 10. The number of carboxylic acid groups (broad SMARTS) is 3. The summed E-state index contributed by atoms with van der Waals surface area (Å²) in [5.41, 5.74) is 26.9. The Balaban J connectivity index is 1.02. The zero-order valence-corrected chi connectivity index (χ0v) is 78.0. The lowest BCUT2D eigenvalue weighted by Crippen LogP contribution is -2.62. The van der Waals surface area contributed by atoms with Gasteiger partial charge in [-0.1, -0.05) is 93.6 Å². The van der Waals surface area contributed by atoms with Crippen molar-refractivity contribution in [3.8, 4) is 5.75 Å². The standard InChI is InChI=1S/C92H132N16O29/c1-59(2)49-71(94)91(126)108(92(127)76(50-60(3)4)104-88(123)73(52-62-13-7-6-8-14-62)102-87(122)72(25-27-80(113)114)100-89(124)74(54-78(95)110)103-90(125)75(55-81(115)116)101-86(121)70(93)24-26-79(111)112)77(82(96)117)19-9-10-28-97-84(119)66-16-11-15-63(51-66)56-107-57-68(105-106-107)58-137-69-18-12-17-67(53-69)85(120)99-30-32-129-34-36-131-38-40-133-42-44-135-46-48-136-47-45-134-43-41-132-39-37-130-35-33-128-31-29-98-83(118)65-22-20-64(21-23-65)61(5)109/h6-8,11-18,20-23,51,53,57,59-60,70-77H,9-10,19,24-50,52,54-56,58,93-94H2,1-5H3,(H2,95,110)(H2,96,117)(H,97,119)(H,98,118)(H,99,120)(H,100,124)(H,101,121)(H,102,122)(H,103,125)(H,104,123)(H,111,112)(H,113,114)(H,115,116). The molecule has 8 unspecified atom stereocenters. The van der Waals surface area contributed by atoms with E-state index in [-0.39, 0.29) is 100 Å². The molecule has 5 rings (SSSR count). The lowest BCUT2D eigenvalue weighted by Gasteiger charge is -2.34. The van der Waals surface area contributed by atoms with Gasteiger partial charge in [-0.3, -0.25) is 81.6 Å². The molecule has 5 aromatic rings. The average Bonchev–Trinajstić information content (AvgIpc) is 1.49. The van der Waals surface area contributed by atoms with Gasteiger partial charge in [0.2, 0.25) is 47.3 Å². The highest BCUT2D eigenvalue weighted by Gasteiger charge is 2.42. The van der Waals surface area contributed by atoms with E-state index in [4.69, 9.17) is 75.4 Å². The number of rotatable bonds is 74. The summed E-state index contributed by atoms with van der Waals surface area (Å²) in [6.07, 6.45) is -3.47. The monoisotopic (exact) mass is 1920 g/mol. The first-order valence-electron chi connectivity index (χ1n) is 45.1. The number of unbranched alkanes of at least 4 members (excludes halogenated alkanes) is 1. The lowest BCUT2D eigenvalue weighted by molar-refractivity contribution is -0.155. The summed E-state index contributed by atoms with van der Waals surface area (Å²) in [5, 5.41) is 56.8. The minimum Gasteiger partial charge on any atom is -0.487 e. The largest absolute Gasteiger partial charge is 0.487 e. The predicted octanol–water partition coefficient (Wildman–Crippen LogP) is 0.0196. The molecule has 1 heterocycles. The fraction of sp³-hybridized carbons (Fsp3) is 0.543. The van der Waals surface area contributed by atoms with Gasteiger partial charge in [0.1, 0.15) is 54.3 Å². The number of carboxylic acids is 3. The number of carbonyl (C=O) groups excluding carboxylic acids is 13. The number of nitrogens with one attached hydrogen (secondary N) is 8. The summed E-state index contributed by atoms with van der Waals surface area (Å²) >= 11 is 0. The molecule has 0 fully saturated rings. The molecule has 45 heteroatoms. The topological polar surface area (TPSA) is 660 Å². The molecule has 1 aromatic heterocycles. The average molecular weight is 1930 g/mol. The molecule has 0 aliphatic rings. The summed E-state index contributed by atoms with van der Waals surface area (Å²) in [7, 11) is 0. The Bertz CT molecular complexity index is 4640. The molecule has 0 saturated carbocycles. The molecule has 0 spiro atoms. The smallest absolute Gasteiger partial charge is 0.305 e. The number of amides is 12. The third-order valence-electron chi connectivity index (χ3n) is 20.1. The van der Waals surface area contributed by atoms with E-state index in [1.165, 1.54) is 6.92 Å². The Hall–Kier alpha value is -12.7. The summed E-state index contributed by atoms with van der Waals surface area (Å²) < 4.78 is 57.3. The summed E-state index contributed by atoms with van der Waals surface area (Å²) in [4.78, 5) is 212. The number of ketones is 1. The van der Waals surface area contributed by atoms with Gasteiger partial charge in [-0.15, -0.1) is 5.10 Å². The molecule has 12 amide bonds. The second-order valence-corrected chi connectivity index (χ2v) is 32.4. The van der Waals surface area contributed by atoms with Crippen molar-refractivity contribution in [1.29, 1.82) is 0 Å². The van der Waals surface area contributed by atoms with E-state index in [2.05, 4.69) is 52.8 Å². The fourth-order valence-electron chi connectivity index (χ4n) is 13.2. The Kier molecular flexibility index (Phi) is 54.6. The van der Waals surface area contributed by atoms with E-state index in [0.717, 1.165) is 0 Å². The number of aromatic nitrogens is 3. The van der Waals surface area contributed by atoms with Crippen molar-refractivity contribution in [2.75, 3.05) is 139 Å². The first kappa shape index (κ1) is 115. The third-order valence-corrected chi connectivity index (χ3v) is 20.1. The van der Waals surface area contributed by atoms with Crippen molar-refractivity contribution in [1.82, 2.24) is 62.4 Å². The molecule has 0 bridgehead atoms. The van der Waals surface area contributed by atoms with Crippen molar-refractivity contribution in [2.45, 2.75) is 173 Å². The third kappa shape index (κ3) is 47.6. The van der Waals surface area contributed by atoms with Crippen LogP contribution in [0.1, 0.15) is 164 Å². The lowest BCUT2D eigenvalue weighted by atomic mass is 9.97. The molecular weight excluding hydrogens is 1790 g/mol. The Morgan fingerprint density at radius 3 is 1.36 bits per heavy atom. The maximum atomic E-state index is 15.2. The Labute approximate surface area is 793 Å². The van der Waals surface area contributed by atoms with E-state index < -0.39 is 170 Å². The van der Waals surface area contributed by atoms with Gasteiger partial charge in [0, 0.05) is 61.2 Å². The van der Waals surface area contributed by atoms with E-state index in [1.54, 1.807) is 142 Å². The number of aliphatic carboxylic acids is 3. The van der Waals surface area contributed by atoms with Crippen LogP contribution >= 0.6 is 0 Å². The number of Topliss-reactive ketones (excluding diaryl/α,β-unsaturated/α-hetero) is 1. The molecule has 45 nitrogen and oxygen atoms in total. The van der Waals surface area contributed by atoms with Crippen LogP contribution in [0.5, 0.6) is 5.75 Å². The Morgan fingerprint density at radius 1 is 0.416 bits per heavy atom. The highest BCUT2D eigenvalue weighted by molar-refractivity contribution is 6.06. The van der Waals surface area contributed by atoms with Crippen LogP contribution in [0.3, 0.4) is 0 Å². The molecule has 0 aliphatic heterocycles. The van der Waals surface area contributed by atoms with Crippen molar-refractivity contribution in [3.05, 3.63) is 148 Å². The van der Waals surface area contributed by atoms with Gasteiger partial charge < -0.3 is 128 Å². The SMILES string of the molecule is CC(=O)c1ccc(C(=O)NCCOCCOCCOCCOCCOCCOCCOCCOCCOCCNC(=O)c2cccc(OCc3cn(Cc4cccc(C(=O)NCCCCC(C(N)=O)N(C(=O)C(N)CC(C)C)C(=O)C(CC(C)C)NC(=O)C(Cc5ccccc5)NC(=O)C(CCC(=O)O)NC(=O)C(CC(N)=O)NC(=O)C(CC(=O)O)NC(=O)C(N)CCC(=O)O)c4)nn3)c2)cc1. The highest BCUT2D eigenvalue weighted by Crippen LogP contribution is 2.21. The molecule has 0 radical (unpaired) electrons. The number of hydrogen-bond donors (Lipinski definition) is 15. The van der Waals surface area contributed by atoms with Crippen LogP contribution in [0.25, 0.3) is 0 Å². The van der Waals surface area contributed by atoms with Crippen LogP contribution in [-0.2, 0) is 120 Å². The molecule has 0 aliphatic carbocycles. The second kappa shape index (κ2) is 65.1. The quantitative estimate of drug-likeness (QED) is 0.0180. The summed E-state index contributed by atoms with van der Waals surface area (Å²) in [5.74, 6) is -16.4. The molecule has 8 atom stereocenters. The van der Waals surface area contributed by atoms with Crippen LogP contribution < -0.4 is 70.2 Å². The van der Waals surface area contributed by atoms with E-state index in [0.29, 0.717) is 163 Å². The number of nitrogens with zero attached hydrogens (tertiary/aromatic N) is 4. The van der Waals surface area contributed by atoms with Crippen LogP contribution in [0.2, 0.25) is 0 Å². The van der Waals surface area contributed by atoms with Crippen LogP contribution in [0.4, 0.5) is 0 Å². The van der Waals surface area contributed by atoms with Gasteiger partial charge in [0.25, 0.3) is 23.6 Å². The van der Waals surface area contributed by atoms with Gasteiger partial charge in [-0.2, -0.15) is 0 Å². The molecule has 137 heavy (non-hydrogen) atoms. The van der Waals surface area contributed by atoms with Crippen molar-refractivity contribution >= 4 is 94.6 Å². The van der Waals surface area contributed by atoms with Gasteiger partial charge >= 0.3 is 17.9 Å². The molecule has 4 aromatic carbocycles. The Morgan fingerprint density at radius 2 is 0.854 bits per heavy atom. The predicted molar refractivity (Wildman–Crippen MR) is 490 cm³/mol. The second-order valence-electron chi connectivity index (χ2n) is 32.4. The molecule has 19 N–H and O–H groups in total. The maximum absolute atomic E-state index is 15.2. The van der Waals surface area contributed by atoms with Crippen molar-refractivity contribution in [2.24, 2.45) is 34.8 Å². The van der Waals surface area contributed by atoms with Crippen LogP contribution in [-0.4, -0.2) is 317 Å². The zero-order valence-electron chi connectivity index (χ0n) is 78.0. The van der Waals surface area contributed by atoms with Gasteiger partial charge in [-0.25, -0.2) is 4.68 Å². The molecular formula is C92H132N16O29. The van der Waals surface area contributed by atoms with E-state index in [1.807, 2.05) is 0 Å². The summed E-state index contributed by atoms with van der Waals surface area (Å²) in [6.45, 7) is 16.0. The van der Waals surface area contributed by atoms with Gasteiger partial charge in [-0.05, 0) is 117 Å². The maximum Gasteiger partial charge on any atom is 0.305 e. The first-order valence-corrected chi connectivity index (χ1v) is 45.1.